The van der Waals surface area contributed by atoms with Crippen molar-refractivity contribution in [1.29, 1.82) is 0 Å². The van der Waals surface area contributed by atoms with Gasteiger partial charge in [-0.2, -0.15) is 31.4 Å². The van der Waals surface area contributed by atoms with Crippen LogP contribution in [0.4, 0.5) is 36.4 Å². The zero-order chi connectivity index (χ0) is 30.1. The normalized spacial score (nSPS) is 13.8. The monoisotopic (exact) mass is 586 g/mol. The van der Waals surface area contributed by atoms with Crippen LogP contribution in [0, 0.1) is 5.82 Å². The van der Waals surface area contributed by atoms with Gasteiger partial charge in [0.05, 0.1) is 41.0 Å². The van der Waals surface area contributed by atoms with Gasteiger partial charge in [-0.1, -0.05) is 0 Å². The van der Waals surface area contributed by atoms with Gasteiger partial charge in [0, 0.05) is 31.7 Å². The van der Waals surface area contributed by atoms with Gasteiger partial charge < -0.3 is 14.6 Å². The summed E-state index contributed by atoms with van der Waals surface area (Å²) in [5.74, 6) is -1.23. The number of anilines is 1. The topological polar surface area (TPSA) is 115 Å². The number of hydrogen-bond donors (Lipinski definition) is 2. The number of benzene rings is 1. The number of methoxy groups -OCH3 is 1. The van der Waals surface area contributed by atoms with Gasteiger partial charge in [-0.15, -0.1) is 0 Å². The number of aromatic nitrogens is 5. The van der Waals surface area contributed by atoms with Crippen molar-refractivity contribution in [3.05, 3.63) is 80.6 Å². The molecule has 0 aliphatic carbocycles. The molecule has 2 N–H and O–H groups in total. The first kappa shape index (κ1) is 29.6. The third-order valence-corrected chi connectivity index (χ3v) is 6.18. The van der Waals surface area contributed by atoms with Gasteiger partial charge in [-0.05, 0) is 36.9 Å². The van der Waals surface area contributed by atoms with E-state index in [2.05, 4.69) is 20.4 Å². The number of hydrogen-bond acceptors (Lipinski definition) is 7. The highest BCUT2D eigenvalue weighted by Crippen LogP contribution is 2.32. The molecule has 0 aliphatic heterocycles. The summed E-state index contributed by atoms with van der Waals surface area (Å²) in [5.41, 5.74) is -5.26. The fourth-order valence-electron chi connectivity index (χ4n) is 4.21. The van der Waals surface area contributed by atoms with Crippen LogP contribution in [0.1, 0.15) is 24.5 Å². The standard InChI is InChI=1S/C25H21F7N6O3/c1-12(36-19-10-35-37-22(39)20(19)25(30,31)32)5-15(41-2)11-38-4-3-13-6-17(18(26)7-16(13)23(38)40)21-33-8-14(9-34-21)24(27,28)29/h3-4,6-10,12,15H,5,11H2,1-2H3,(H2,36,37,39)/t12-,15-/m1/s1. The van der Waals surface area contributed by atoms with Crippen LogP contribution in [-0.2, 0) is 23.6 Å². The third-order valence-electron chi connectivity index (χ3n) is 6.18. The van der Waals surface area contributed by atoms with Gasteiger partial charge >= 0.3 is 12.4 Å². The van der Waals surface area contributed by atoms with Crippen molar-refractivity contribution in [2.24, 2.45) is 0 Å². The van der Waals surface area contributed by atoms with E-state index in [1.54, 1.807) is 12.0 Å². The zero-order valence-corrected chi connectivity index (χ0v) is 21.3. The summed E-state index contributed by atoms with van der Waals surface area (Å²) < 4.78 is 99.9. The van der Waals surface area contributed by atoms with Gasteiger partial charge in [0.15, 0.2) is 5.82 Å². The first-order valence-electron chi connectivity index (χ1n) is 11.9. The molecule has 0 saturated heterocycles. The summed E-state index contributed by atoms with van der Waals surface area (Å²) in [6.45, 7) is 1.50. The Hall–Kier alpha value is -4.34. The molecule has 4 rings (SSSR count). The summed E-state index contributed by atoms with van der Waals surface area (Å²) in [6.07, 6.45) is -6.89. The molecule has 218 valence electrons. The lowest BCUT2D eigenvalue weighted by molar-refractivity contribution is -0.139. The van der Waals surface area contributed by atoms with Crippen LogP contribution in [0.5, 0.6) is 0 Å². The first-order valence-corrected chi connectivity index (χ1v) is 11.9. The Morgan fingerprint density at radius 3 is 2.34 bits per heavy atom. The van der Waals surface area contributed by atoms with E-state index in [1.807, 2.05) is 0 Å². The second-order valence-corrected chi connectivity index (χ2v) is 9.11. The van der Waals surface area contributed by atoms with Crippen LogP contribution in [0.25, 0.3) is 22.2 Å². The number of H-pyrrole nitrogens is 1. The Balaban J connectivity index is 1.54. The lowest BCUT2D eigenvalue weighted by Gasteiger charge is -2.23. The molecule has 0 bridgehead atoms. The minimum Gasteiger partial charge on any atom is -0.381 e. The van der Waals surface area contributed by atoms with E-state index in [9.17, 15) is 40.3 Å². The van der Waals surface area contributed by atoms with Gasteiger partial charge in [0.25, 0.3) is 11.1 Å². The molecule has 0 fully saturated rings. The van der Waals surface area contributed by atoms with Gasteiger partial charge in [0.1, 0.15) is 11.4 Å². The zero-order valence-electron chi connectivity index (χ0n) is 21.3. The molecule has 0 radical (unpaired) electrons. The van der Waals surface area contributed by atoms with Crippen LogP contribution >= 0.6 is 0 Å². The van der Waals surface area contributed by atoms with Crippen molar-refractivity contribution < 1.29 is 35.5 Å². The highest BCUT2D eigenvalue weighted by molar-refractivity contribution is 5.86. The summed E-state index contributed by atoms with van der Waals surface area (Å²) >= 11 is 0. The van der Waals surface area contributed by atoms with Crippen LogP contribution < -0.4 is 16.4 Å². The van der Waals surface area contributed by atoms with Crippen molar-refractivity contribution in [3.63, 3.8) is 0 Å². The Morgan fingerprint density at radius 2 is 1.73 bits per heavy atom. The molecule has 3 aromatic heterocycles. The molecule has 41 heavy (non-hydrogen) atoms. The first-order chi connectivity index (χ1) is 19.2. The molecule has 0 amide bonds. The summed E-state index contributed by atoms with van der Waals surface area (Å²) in [6, 6.07) is 2.99. The second kappa shape index (κ2) is 11.3. The highest BCUT2D eigenvalue weighted by Gasteiger charge is 2.37. The smallest absolute Gasteiger partial charge is 0.381 e. The number of nitrogens with one attached hydrogen (secondary N) is 2. The van der Waals surface area contributed by atoms with Crippen molar-refractivity contribution in [1.82, 2.24) is 24.7 Å². The van der Waals surface area contributed by atoms with Crippen molar-refractivity contribution >= 4 is 16.5 Å². The molecule has 4 aromatic rings. The number of halogens is 7. The number of nitrogens with zero attached hydrogens (tertiary/aromatic N) is 4. The Morgan fingerprint density at radius 1 is 1.05 bits per heavy atom. The molecule has 0 aliphatic rings. The number of rotatable bonds is 8. The number of aromatic amines is 1. The molecule has 0 spiro atoms. The van der Waals surface area contributed by atoms with Crippen molar-refractivity contribution in [2.45, 2.75) is 44.4 Å². The van der Waals surface area contributed by atoms with Gasteiger partial charge in [-0.25, -0.2) is 19.5 Å². The van der Waals surface area contributed by atoms with Crippen LogP contribution in [0.3, 0.4) is 0 Å². The van der Waals surface area contributed by atoms with Crippen LogP contribution in [0.15, 0.2) is 52.6 Å². The number of pyridine rings is 1. The van der Waals surface area contributed by atoms with Gasteiger partial charge in [0.2, 0.25) is 0 Å². The maximum absolute atomic E-state index is 14.9. The molecule has 1 aromatic carbocycles. The molecular weight excluding hydrogens is 565 g/mol. The van der Waals surface area contributed by atoms with Crippen LogP contribution in [0.2, 0.25) is 0 Å². The highest BCUT2D eigenvalue weighted by atomic mass is 19.4. The average Bonchev–Trinajstić information content (AvgIpc) is 2.88. The van der Waals surface area contributed by atoms with E-state index < -0.39 is 58.2 Å². The molecule has 3 heterocycles. The fourth-order valence-corrected chi connectivity index (χ4v) is 4.21. The molecule has 9 nitrogen and oxygen atoms in total. The van der Waals surface area contributed by atoms with Crippen molar-refractivity contribution in [3.8, 4) is 11.4 Å². The second-order valence-electron chi connectivity index (χ2n) is 9.11. The largest absolute Gasteiger partial charge is 0.423 e. The molecule has 2 atom stereocenters. The fraction of sp³-hybridized carbons (Fsp3) is 0.320. The molecular formula is C25H21F7N6O3. The predicted molar refractivity (Wildman–Crippen MR) is 133 cm³/mol. The third kappa shape index (κ3) is 6.53. The lowest BCUT2D eigenvalue weighted by Crippen LogP contribution is -2.33. The summed E-state index contributed by atoms with van der Waals surface area (Å²) in [5, 5.41) is 7.99. The van der Waals surface area contributed by atoms with Gasteiger partial charge in [-0.3, -0.25) is 9.59 Å². The van der Waals surface area contributed by atoms with E-state index in [1.165, 1.54) is 30.0 Å². The number of ether oxygens (including phenoxy) is 1. The maximum Gasteiger partial charge on any atom is 0.423 e. The predicted octanol–water partition coefficient (Wildman–Crippen LogP) is 4.62. The van der Waals surface area contributed by atoms with E-state index in [4.69, 9.17) is 4.74 Å². The van der Waals surface area contributed by atoms with E-state index in [0.717, 1.165) is 12.3 Å². The van der Waals surface area contributed by atoms with E-state index in [0.29, 0.717) is 12.4 Å². The SMILES string of the molecule is CO[C@H](C[C@@H](C)Nc1cn[nH]c(=O)c1C(F)(F)F)Cn1ccc2cc(-c3ncc(C(F)(F)F)cn3)c(F)cc2c1=O. The summed E-state index contributed by atoms with van der Waals surface area (Å²) in [4.78, 5) is 32.0. The number of alkyl halides is 6. The van der Waals surface area contributed by atoms with Crippen molar-refractivity contribution in [2.75, 3.05) is 12.4 Å². The molecule has 0 saturated carbocycles. The summed E-state index contributed by atoms with van der Waals surface area (Å²) in [7, 11) is 1.34. The minimum atomic E-state index is -4.93. The van der Waals surface area contributed by atoms with Crippen LogP contribution in [-0.4, -0.2) is 44.0 Å². The molecule has 0 unspecified atom stereocenters. The maximum atomic E-state index is 14.9. The van der Waals surface area contributed by atoms with E-state index >= 15 is 0 Å². The average molecular weight is 586 g/mol. The lowest BCUT2D eigenvalue weighted by atomic mass is 10.1. The Kier molecular flexibility index (Phi) is 8.15. The Labute approximate surface area is 226 Å². The Bertz CT molecular complexity index is 1670. The minimum absolute atomic E-state index is 0.0360. The number of fused-ring (bicyclic) bond motifs is 1. The van der Waals surface area contributed by atoms with E-state index in [-0.39, 0.29) is 35.1 Å². The molecule has 16 heteroatoms. The quantitative estimate of drug-likeness (QED) is 0.290.